The van der Waals surface area contributed by atoms with Crippen LogP contribution in [0.2, 0.25) is 0 Å². The van der Waals surface area contributed by atoms with Gasteiger partial charge in [0.25, 0.3) is 0 Å². The fourth-order valence-corrected chi connectivity index (χ4v) is 4.29. The highest BCUT2D eigenvalue weighted by atomic mass is 16.6. The van der Waals surface area contributed by atoms with Gasteiger partial charge in [-0.05, 0) is 84.7 Å². The van der Waals surface area contributed by atoms with Gasteiger partial charge < -0.3 is 14.9 Å². The predicted octanol–water partition coefficient (Wildman–Crippen LogP) is 7.26. The van der Waals surface area contributed by atoms with E-state index in [1.54, 1.807) is 12.1 Å². The van der Waals surface area contributed by atoms with E-state index < -0.39 is 5.60 Å². The topological polar surface area (TPSA) is 66.8 Å². The number of hydrogen-bond acceptors (Lipinski definition) is 4. The van der Waals surface area contributed by atoms with Crippen molar-refractivity contribution >= 4 is 5.97 Å². The summed E-state index contributed by atoms with van der Waals surface area (Å²) < 4.78 is 6.10. The van der Waals surface area contributed by atoms with Crippen LogP contribution in [-0.4, -0.2) is 21.8 Å². The van der Waals surface area contributed by atoms with Gasteiger partial charge in [-0.3, -0.25) is 4.79 Å². The van der Waals surface area contributed by atoms with E-state index in [1.165, 1.54) is 0 Å². The number of hydrogen-bond donors (Lipinski definition) is 2. The Kier molecular flexibility index (Phi) is 9.39. The standard InChI is InChI=1S/C29H42O4/c1-8-9-28(32)33-29(7,15-14-22-10-12-26(30)24(17-22)19(2)3)21(6)16-23-11-13-27(31)25(18-23)20(4)5/h10-13,17-21,30-31H,8-9,14-16H2,1-7H3. The molecule has 0 amide bonds. The summed E-state index contributed by atoms with van der Waals surface area (Å²) in [6.07, 6.45) is 3.38. The van der Waals surface area contributed by atoms with E-state index in [4.69, 9.17) is 4.74 Å². The second-order valence-electron chi connectivity index (χ2n) is 10.2. The van der Waals surface area contributed by atoms with Crippen molar-refractivity contribution in [2.75, 3.05) is 0 Å². The molecule has 0 aliphatic heterocycles. The molecule has 182 valence electrons. The Morgan fingerprint density at radius 2 is 1.42 bits per heavy atom. The molecule has 4 heteroatoms. The van der Waals surface area contributed by atoms with Gasteiger partial charge in [0.1, 0.15) is 17.1 Å². The molecule has 4 nitrogen and oxygen atoms in total. The zero-order valence-electron chi connectivity index (χ0n) is 21.4. The van der Waals surface area contributed by atoms with E-state index in [2.05, 4.69) is 46.8 Å². The Hall–Kier alpha value is -2.49. The van der Waals surface area contributed by atoms with Gasteiger partial charge in [-0.1, -0.05) is 65.8 Å². The number of benzene rings is 2. The average Bonchev–Trinajstić information content (AvgIpc) is 2.74. The molecule has 0 aliphatic carbocycles. The van der Waals surface area contributed by atoms with Gasteiger partial charge in [-0.2, -0.15) is 0 Å². The molecular weight excluding hydrogens is 412 g/mol. The molecule has 0 radical (unpaired) electrons. The van der Waals surface area contributed by atoms with Crippen molar-refractivity contribution in [3.63, 3.8) is 0 Å². The first kappa shape index (κ1) is 26.8. The lowest BCUT2D eigenvalue weighted by molar-refractivity contribution is -0.164. The summed E-state index contributed by atoms with van der Waals surface area (Å²) in [6, 6.07) is 11.6. The van der Waals surface area contributed by atoms with Crippen LogP contribution in [0.3, 0.4) is 0 Å². The molecule has 0 aliphatic rings. The Balaban J connectivity index is 2.26. The maximum atomic E-state index is 12.5. The summed E-state index contributed by atoms with van der Waals surface area (Å²) in [6.45, 7) is 14.4. The van der Waals surface area contributed by atoms with Crippen LogP contribution in [0.5, 0.6) is 11.5 Å². The van der Waals surface area contributed by atoms with Crippen LogP contribution < -0.4 is 0 Å². The van der Waals surface area contributed by atoms with Crippen molar-refractivity contribution in [2.24, 2.45) is 5.92 Å². The van der Waals surface area contributed by atoms with E-state index in [1.807, 2.05) is 26.0 Å². The molecule has 0 bridgehead atoms. The Morgan fingerprint density at radius 1 is 0.909 bits per heavy atom. The number of carbonyl (C=O) groups excluding carboxylic acids is 1. The smallest absolute Gasteiger partial charge is 0.306 e. The lowest BCUT2D eigenvalue weighted by Gasteiger charge is -2.36. The first-order chi connectivity index (χ1) is 15.5. The molecule has 2 unspecified atom stereocenters. The van der Waals surface area contributed by atoms with E-state index in [-0.39, 0.29) is 23.7 Å². The highest BCUT2D eigenvalue weighted by molar-refractivity contribution is 5.69. The third-order valence-electron chi connectivity index (χ3n) is 6.72. The van der Waals surface area contributed by atoms with Crippen LogP contribution in [0.15, 0.2) is 36.4 Å². The molecule has 2 aromatic rings. The van der Waals surface area contributed by atoms with Gasteiger partial charge >= 0.3 is 5.97 Å². The molecule has 2 N–H and O–H groups in total. The third-order valence-corrected chi connectivity index (χ3v) is 6.72. The summed E-state index contributed by atoms with van der Waals surface area (Å²) in [5, 5.41) is 20.3. The monoisotopic (exact) mass is 454 g/mol. The molecule has 2 aromatic carbocycles. The SMILES string of the molecule is CCCC(=O)OC(C)(CCc1ccc(O)c(C(C)C)c1)C(C)Cc1ccc(O)c(C(C)C)c1. The minimum absolute atomic E-state index is 0.0875. The summed E-state index contributed by atoms with van der Waals surface area (Å²) in [4.78, 5) is 12.5. The van der Waals surface area contributed by atoms with Crippen LogP contribution in [0.1, 0.15) is 102 Å². The average molecular weight is 455 g/mol. The molecule has 0 heterocycles. The van der Waals surface area contributed by atoms with E-state index >= 15 is 0 Å². The minimum Gasteiger partial charge on any atom is -0.508 e. The minimum atomic E-state index is -0.627. The highest BCUT2D eigenvalue weighted by Gasteiger charge is 2.35. The number of rotatable bonds is 11. The summed E-state index contributed by atoms with van der Waals surface area (Å²) in [7, 11) is 0. The molecule has 0 spiro atoms. The predicted molar refractivity (Wildman–Crippen MR) is 135 cm³/mol. The molecule has 0 aromatic heterocycles. The number of carbonyl (C=O) groups is 1. The molecule has 0 saturated carbocycles. The molecular formula is C29H42O4. The van der Waals surface area contributed by atoms with Crippen LogP contribution in [0.4, 0.5) is 0 Å². The third kappa shape index (κ3) is 7.25. The molecule has 2 atom stereocenters. The Morgan fingerprint density at radius 3 is 1.94 bits per heavy atom. The second kappa shape index (κ2) is 11.6. The van der Waals surface area contributed by atoms with E-state index in [0.29, 0.717) is 24.3 Å². The molecule has 33 heavy (non-hydrogen) atoms. The van der Waals surface area contributed by atoms with Crippen molar-refractivity contribution in [1.82, 2.24) is 0 Å². The lowest BCUT2D eigenvalue weighted by atomic mass is 9.80. The van der Waals surface area contributed by atoms with Crippen LogP contribution in [0, 0.1) is 5.92 Å². The maximum Gasteiger partial charge on any atom is 0.306 e. The van der Waals surface area contributed by atoms with Crippen molar-refractivity contribution in [3.05, 3.63) is 58.7 Å². The van der Waals surface area contributed by atoms with E-state index in [0.717, 1.165) is 41.5 Å². The first-order valence-electron chi connectivity index (χ1n) is 12.3. The Bertz CT molecular complexity index is 931. The van der Waals surface area contributed by atoms with Crippen molar-refractivity contribution in [1.29, 1.82) is 0 Å². The fraction of sp³-hybridized carbons (Fsp3) is 0.552. The number of phenols is 2. The second-order valence-corrected chi connectivity index (χ2v) is 10.2. The summed E-state index contributed by atoms with van der Waals surface area (Å²) in [5.41, 5.74) is 3.52. The zero-order chi connectivity index (χ0) is 24.8. The number of aromatic hydroxyl groups is 2. The van der Waals surface area contributed by atoms with Gasteiger partial charge in [-0.15, -0.1) is 0 Å². The number of aryl methyl sites for hydroxylation is 1. The van der Waals surface area contributed by atoms with Gasteiger partial charge in [0.15, 0.2) is 0 Å². The molecule has 0 saturated heterocycles. The maximum absolute atomic E-state index is 12.5. The highest BCUT2D eigenvalue weighted by Crippen LogP contribution is 2.34. The summed E-state index contributed by atoms with van der Waals surface area (Å²) >= 11 is 0. The summed E-state index contributed by atoms with van der Waals surface area (Å²) in [5.74, 6) is 1.05. The van der Waals surface area contributed by atoms with Crippen LogP contribution in [-0.2, 0) is 22.4 Å². The van der Waals surface area contributed by atoms with Crippen molar-refractivity contribution < 1.29 is 19.7 Å². The molecule has 2 rings (SSSR count). The zero-order valence-corrected chi connectivity index (χ0v) is 21.4. The largest absolute Gasteiger partial charge is 0.508 e. The lowest BCUT2D eigenvalue weighted by Crippen LogP contribution is -2.40. The van der Waals surface area contributed by atoms with E-state index in [9.17, 15) is 15.0 Å². The van der Waals surface area contributed by atoms with Gasteiger partial charge in [0.2, 0.25) is 0 Å². The number of ether oxygens (including phenoxy) is 1. The quantitative estimate of drug-likeness (QED) is 0.351. The molecule has 0 fully saturated rings. The van der Waals surface area contributed by atoms with Gasteiger partial charge in [0, 0.05) is 6.42 Å². The van der Waals surface area contributed by atoms with Gasteiger partial charge in [0.05, 0.1) is 0 Å². The Labute approximate surface area is 200 Å². The fourth-order valence-electron chi connectivity index (χ4n) is 4.29. The normalized spacial score (nSPS) is 14.3. The number of phenolic OH excluding ortho intramolecular Hbond substituents is 2. The van der Waals surface area contributed by atoms with Crippen LogP contribution >= 0.6 is 0 Å². The van der Waals surface area contributed by atoms with Crippen LogP contribution in [0.25, 0.3) is 0 Å². The first-order valence-corrected chi connectivity index (χ1v) is 12.3. The van der Waals surface area contributed by atoms with Crippen molar-refractivity contribution in [2.45, 2.75) is 98.0 Å². The van der Waals surface area contributed by atoms with Crippen molar-refractivity contribution in [3.8, 4) is 11.5 Å². The number of esters is 1. The van der Waals surface area contributed by atoms with Gasteiger partial charge in [-0.25, -0.2) is 0 Å².